The fourth-order valence-electron chi connectivity index (χ4n) is 2.88. The van der Waals surface area contributed by atoms with Crippen LogP contribution >= 0.6 is 0 Å². The normalized spacial score (nSPS) is 10.6. The lowest BCUT2D eigenvalue weighted by atomic mass is 10.1. The number of hydrogen-bond donors (Lipinski definition) is 3. The van der Waals surface area contributed by atoms with Crippen LogP contribution in [-0.2, 0) is 14.4 Å². The Hall–Kier alpha value is -3.88. The van der Waals surface area contributed by atoms with Gasteiger partial charge in [-0.3, -0.25) is 14.4 Å². The second-order valence-corrected chi connectivity index (χ2v) is 7.53. The summed E-state index contributed by atoms with van der Waals surface area (Å²) in [7, 11) is 0. The van der Waals surface area contributed by atoms with E-state index in [-0.39, 0.29) is 12.5 Å². The molecule has 0 aromatic heterocycles. The maximum Gasteiger partial charge on any atom is 0.329 e. The van der Waals surface area contributed by atoms with Gasteiger partial charge in [0.25, 0.3) is 5.91 Å². The van der Waals surface area contributed by atoms with Crippen LogP contribution in [0.4, 0.5) is 5.69 Å². The molecule has 3 N–H and O–H groups in total. The number of hydrogen-bond acceptors (Lipinski definition) is 6. The number of ether oxygens (including phenoxy) is 2. The predicted octanol–water partition coefficient (Wildman–Crippen LogP) is 3.09. The molecular weight excluding hydrogens is 436 g/mol. The zero-order valence-electron chi connectivity index (χ0n) is 20.1. The number of hydrazone groups is 1. The first-order chi connectivity index (χ1) is 16.3. The van der Waals surface area contributed by atoms with E-state index in [4.69, 9.17) is 9.47 Å². The second kappa shape index (κ2) is 13.6. The summed E-state index contributed by atoms with van der Waals surface area (Å²) in [5, 5.41) is 9.18. The van der Waals surface area contributed by atoms with Gasteiger partial charge in [-0.05, 0) is 68.1 Å². The molecule has 0 radical (unpaired) electrons. The average Bonchev–Trinajstić information content (AvgIpc) is 2.81. The van der Waals surface area contributed by atoms with E-state index in [1.54, 1.807) is 18.2 Å². The highest BCUT2D eigenvalue weighted by atomic mass is 16.5. The van der Waals surface area contributed by atoms with Crippen molar-refractivity contribution < 1.29 is 23.9 Å². The topological polar surface area (TPSA) is 118 Å². The zero-order chi connectivity index (χ0) is 24.9. The summed E-state index contributed by atoms with van der Waals surface area (Å²) in [6.45, 7) is 8.38. The van der Waals surface area contributed by atoms with E-state index in [2.05, 4.69) is 21.2 Å². The summed E-state index contributed by atoms with van der Waals surface area (Å²) in [6.07, 6.45) is 3.10. The number of carbonyl (C=O) groups excluding carboxylic acids is 3. The molecule has 0 fully saturated rings. The molecule has 182 valence electrons. The van der Waals surface area contributed by atoms with Crippen LogP contribution in [0.5, 0.6) is 11.5 Å². The molecule has 0 aliphatic rings. The van der Waals surface area contributed by atoms with Crippen molar-refractivity contribution in [3.05, 3.63) is 53.1 Å². The number of unbranched alkanes of at least 4 members (excludes halogenated alkanes) is 1. The van der Waals surface area contributed by atoms with Gasteiger partial charge >= 0.3 is 11.8 Å². The number of rotatable bonds is 11. The monoisotopic (exact) mass is 468 g/mol. The molecule has 0 saturated heterocycles. The van der Waals surface area contributed by atoms with E-state index in [0.717, 1.165) is 29.7 Å². The van der Waals surface area contributed by atoms with Crippen LogP contribution in [0.15, 0.2) is 41.5 Å². The number of nitrogens with one attached hydrogen (secondary N) is 3. The third kappa shape index (κ3) is 8.23. The van der Waals surface area contributed by atoms with Gasteiger partial charge in [-0.15, -0.1) is 0 Å². The van der Waals surface area contributed by atoms with Crippen LogP contribution < -0.4 is 25.5 Å². The van der Waals surface area contributed by atoms with Crippen LogP contribution in [0.25, 0.3) is 0 Å². The van der Waals surface area contributed by atoms with Gasteiger partial charge in [0.05, 0.1) is 12.8 Å². The van der Waals surface area contributed by atoms with Gasteiger partial charge in [0, 0.05) is 12.2 Å². The Bertz CT molecular complexity index is 1040. The first-order valence-corrected chi connectivity index (χ1v) is 11.2. The first kappa shape index (κ1) is 26.4. The third-order valence-electron chi connectivity index (χ3n) is 4.91. The van der Waals surface area contributed by atoms with Gasteiger partial charge in [-0.2, -0.15) is 5.10 Å². The molecule has 9 heteroatoms. The molecule has 2 aromatic rings. The van der Waals surface area contributed by atoms with Crippen molar-refractivity contribution in [2.24, 2.45) is 5.10 Å². The molecule has 0 atom stereocenters. The average molecular weight is 469 g/mol. The van der Waals surface area contributed by atoms with Crippen molar-refractivity contribution in [2.45, 2.75) is 40.5 Å². The van der Waals surface area contributed by atoms with Crippen molar-refractivity contribution in [1.82, 2.24) is 10.7 Å². The Morgan fingerprint density at radius 2 is 1.79 bits per heavy atom. The highest BCUT2D eigenvalue weighted by Gasteiger charge is 2.12. The van der Waals surface area contributed by atoms with Crippen molar-refractivity contribution in [1.29, 1.82) is 0 Å². The minimum Gasteiger partial charge on any atom is -0.490 e. The molecular formula is C25H32N4O5. The quantitative estimate of drug-likeness (QED) is 0.203. The van der Waals surface area contributed by atoms with E-state index in [9.17, 15) is 14.4 Å². The van der Waals surface area contributed by atoms with Gasteiger partial charge in [0.15, 0.2) is 18.1 Å². The van der Waals surface area contributed by atoms with E-state index in [0.29, 0.717) is 30.2 Å². The summed E-state index contributed by atoms with van der Waals surface area (Å²) >= 11 is 0. The minimum absolute atomic E-state index is 0.190. The summed E-state index contributed by atoms with van der Waals surface area (Å²) < 4.78 is 11.3. The lowest BCUT2D eigenvalue weighted by Gasteiger charge is -2.14. The van der Waals surface area contributed by atoms with Crippen LogP contribution in [0.2, 0.25) is 0 Å². The number of carbonyl (C=O) groups is 3. The fourth-order valence-corrected chi connectivity index (χ4v) is 2.88. The standard InChI is InChI=1S/C25H32N4O5/c1-5-7-13-26-24(31)25(32)29-27-15-19-11-12-21(22(14-19)33-6-2)34-16-23(30)28-20-10-8-9-17(3)18(20)4/h8-12,14-15H,5-7,13,16H2,1-4H3,(H,26,31)(H,28,30)(H,29,32)/b27-15-. The first-order valence-electron chi connectivity index (χ1n) is 11.2. The van der Waals surface area contributed by atoms with Crippen LogP contribution in [-0.4, -0.2) is 43.7 Å². The Morgan fingerprint density at radius 3 is 2.53 bits per heavy atom. The molecule has 0 aliphatic carbocycles. The second-order valence-electron chi connectivity index (χ2n) is 7.53. The van der Waals surface area contributed by atoms with Gasteiger partial charge in [0.2, 0.25) is 0 Å². The van der Waals surface area contributed by atoms with Crippen LogP contribution in [0.3, 0.4) is 0 Å². The van der Waals surface area contributed by atoms with Crippen LogP contribution in [0, 0.1) is 13.8 Å². The molecule has 0 unspecified atom stereocenters. The lowest BCUT2D eigenvalue weighted by molar-refractivity contribution is -0.139. The zero-order valence-corrected chi connectivity index (χ0v) is 20.1. The molecule has 2 aromatic carbocycles. The Morgan fingerprint density at radius 1 is 1.00 bits per heavy atom. The Labute approximate surface area is 199 Å². The van der Waals surface area contributed by atoms with Crippen molar-refractivity contribution in [3.8, 4) is 11.5 Å². The molecule has 0 bridgehead atoms. The van der Waals surface area contributed by atoms with Gasteiger partial charge in [-0.1, -0.05) is 25.5 Å². The third-order valence-corrected chi connectivity index (χ3v) is 4.91. The van der Waals surface area contributed by atoms with Crippen molar-refractivity contribution >= 4 is 29.6 Å². The van der Waals surface area contributed by atoms with Crippen molar-refractivity contribution in [3.63, 3.8) is 0 Å². The van der Waals surface area contributed by atoms with Gasteiger partial charge in [-0.25, -0.2) is 5.43 Å². The molecule has 0 saturated carbocycles. The van der Waals surface area contributed by atoms with E-state index in [1.165, 1.54) is 6.21 Å². The SMILES string of the molecule is CCCCNC(=O)C(=O)N/N=C\c1ccc(OCC(=O)Nc2cccc(C)c2C)c(OCC)c1. The fraction of sp³-hybridized carbons (Fsp3) is 0.360. The number of benzene rings is 2. The Balaban J connectivity index is 1.95. The smallest absolute Gasteiger partial charge is 0.329 e. The summed E-state index contributed by atoms with van der Waals surface area (Å²) in [5.41, 5.74) is 5.63. The molecule has 34 heavy (non-hydrogen) atoms. The summed E-state index contributed by atoms with van der Waals surface area (Å²) in [4.78, 5) is 35.8. The predicted molar refractivity (Wildman–Crippen MR) is 131 cm³/mol. The summed E-state index contributed by atoms with van der Waals surface area (Å²) in [5.74, 6) is -1.04. The van der Waals surface area contributed by atoms with Gasteiger partial charge in [0.1, 0.15) is 0 Å². The largest absolute Gasteiger partial charge is 0.490 e. The molecule has 2 rings (SSSR count). The van der Waals surface area contributed by atoms with Crippen molar-refractivity contribution in [2.75, 3.05) is 25.1 Å². The highest BCUT2D eigenvalue weighted by molar-refractivity contribution is 6.35. The van der Waals surface area contributed by atoms with E-state index >= 15 is 0 Å². The highest BCUT2D eigenvalue weighted by Crippen LogP contribution is 2.28. The molecule has 3 amide bonds. The maximum atomic E-state index is 12.4. The number of anilines is 1. The van der Waals surface area contributed by atoms with E-state index < -0.39 is 11.8 Å². The number of nitrogens with zero attached hydrogens (tertiary/aromatic N) is 1. The van der Waals surface area contributed by atoms with Gasteiger partial charge < -0.3 is 20.1 Å². The molecule has 9 nitrogen and oxygen atoms in total. The Kier molecular flexibility index (Phi) is 10.6. The van der Waals surface area contributed by atoms with Crippen LogP contribution in [0.1, 0.15) is 43.4 Å². The summed E-state index contributed by atoms with van der Waals surface area (Å²) in [6, 6.07) is 10.7. The number of aryl methyl sites for hydroxylation is 1. The van der Waals surface area contributed by atoms with E-state index in [1.807, 2.05) is 45.9 Å². The molecule has 0 heterocycles. The molecule has 0 spiro atoms. The lowest BCUT2D eigenvalue weighted by Crippen LogP contribution is -2.38. The minimum atomic E-state index is -0.841. The maximum absolute atomic E-state index is 12.4. The number of amides is 3. The molecule has 0 aliphatic heterocycles.